The van der Waals surface area contributed by atoms with Crippen molar-refractivity contribution in [2.75, 3.05) is 5.43 Å². The van der Waals surface area contributed by atoms with Crippen LogP contribution in [0.5, 0.6) is 5.75 Å². The summed E-state index contributed by atoms with van der Waals surface area (Å²) < 4.78 is 18.7. The van der Waals surface area contributed by atoms with E-state index >= 15 is 0 Å². The minimum absolute atomic E-state index is 0.254. The Kier molecular flexibility index (Phi) is 5.92. The minimum Gasteiger partial charge on any atom is -0.489 e. The summed E-state index contributed by atoms with van der Waals surface area (Å²) in [6.07, 6.45) is 1.72. The second-order valence-corrected chi connectivity index (χ2v) is 7.12. The van der Waals surface area contributed by atoms with Crippen LogP contribution in [0.4, 0.5) is 9.52 Å². The molecule has 4 aromatic rings. The molecule has 6 heteroatoms. The molecule has 0 aliphatic heterocycles. The number of aromatic nitrogens is 1. The Labute approximate surface area is 172 Å². The maximum absolute atomic E-state index is 13.0. The molecule has 1 N–H and O–H groups in total. The Balaban J connectivity index is 1.35. The largest absolute Gasteiger partial charge is 0.489 e. The predicted octanol–water partition coefficient (Wildman–Crippen LogP) is 5.97. The van der Waals surface area contributed by atoms with Crippen LogP contribution in [-0.4, -0.2) is 11.2 Å². The first-order chi connectivity index (χ1) is 14.3. The van der Waals surface area contributed by atoms with Crippen molar-refractivity contribution in [1.29, 1.82) is 0 Å². The molecule has 0 spiro atoms. The van der Waals surface area contributed by atoms with Crippen molar-refractivity contribution >= 4 is 22.7 Å². The summed E-state index contributed by atoms with van der Waals surface area (Å²) in [5, 5.41) is 6.99. The molecule has 1 aromatic heterocycles. The molecule has 0 saturated carbocycles. The van der Waals surface area contributed by atoms with E-state index in [0.29, 0.717) is 6.61 Å². The van der Waals surface area contributed by atoms with E-state index < -0.39 is 0 Å². The summed E-state index contributed by atoms with van der Waals surface area (Å²) in [6, 6.07) is 23.9. The molecule has 0 amide bonds. The zero-order chi connectivity index (χ0) is 19.9. The lowest BCUT2D eigenvalue weighted by Crippen LogP contribution is -1.96. The second kappa shape index (κ2) is 9.12. The molecule has 0 aliphatic carbocycles. The monoisotopic (exact) mass is 403 g/mol. The lowest BCUT2D eigenvalue weighted by Gasteiger charge is -2.07. The maximum atomic E-state index is 13.0. The molecule has 3 aromatic carbocycles. The number of hydrazone groups is 1. The topological polar surface area (TPSA) is 46.5 Å². The minimum atomic E-state index is -0.254. The van der Waals surface area contributed by atoms with Gasteiger partial charge in [-0.15, -0.1) is 11.3 Å². The van der Waals surface area contributed by atoms with Gasteiger partial charge in [-0.3, -0.25) is 5.43 Å². The van der Waals surface area contributed by atoms with E-state index in [1.807, 2.05) is 60.0 Å². The van der Waals surface area contributed by atoms with Gasteiger partial charge < -0.3 is 4.74 Å². The van der Waals surface area contributed by atoms with Gasteiger partial charge in [0.25, 0.3) is 0 Å². The number of anilines is 1. The molecule has 1 heterocycles. The quantitative estimate of drug-likeness (QED) is 0.305. The summed E-state index contributed by atoms with van der Waals surface area (Å²) in [5.74, 6) is 0.467. The van der Waals surface area contributed by atoms with Gasteiger partial charge >= 0.3 is 0 Å². The van der Waals surface area contributed by atoms with Gasteiger partial charge in [-0.2, -0.15) is 5.10 Å². The number of benzene rings is 3. The van der Waals surface area contributed by atoms with E-state index in [0.717, 1.165) is 33.3 Å². The van der Waals surface area contributed by atoms with E-state index in [1.165, 1.54) is 23.5 Å². The van der Waals surface area contributed by atoms with Crippen molar-refractivity contribution in [2.45, 2.75) is 6.61 Å². The highest BCUT2D eigenvalue weighted by Gasteiger charge is 2.03. The van der Waals surface area contributed by atoms with E-state index in [-0.39, 0.29) is 5.82 Å². The van der Waals surface area contributed by atoms with Gasteiger partial charge in [0, 0.05) is 10.9 Å². The molecule has 0 aliphatic rings. The van der Waals surface area contributed by atoms with Gasteiger partial charge in [-0.05, 0) is 35.4 Å². The first kappa shape index (κ1) is 18.8. The highest BCUT2D eigenvalue weighted by molar-refractivity contribution is 7.14. The third kappa shape index (κ3) is 5.27. The molecular formula is C23H18FN3OS. The Morgan fingerprint density at radius 1 is 1.00 bits per heavy atom. The average molecular weight is 403 g/mol. The van der Waals surface area contributed by atoms with Crippen LogP contribution in [-0.2, 0) is 6.61 Å². The fraction of sp³-hybridized carbons (Fsp3) is 0.0435. The third-order valence-electron chi connectivity index (χ3n) is 4.12. The number of rotatable bonds is 7. The number of nitrogens with zero attached hydrogens (tertiary/aromatic N) is 2. The molecule has 0 saturated heterocycles. The fourth-order valence-corrected chi connectivity index (χ4v) is 3.33. The van der Waals surface area contributed by atoms with Crippen molar-refractivity contribution in [2.24, 2.45) is 5.10 Å². The zero-order valence-corrected chi connectivity index (χ0v) is 16.3. The first-order valence-electron chi connectivity index (χ1n) is 9.03. The Morgan fingerprint density at radius 2 is 1.83 bits per heavy atom. The van der Waals surface area contributed by atoms with E-state index in [1.54, 1.807) is 18.3 Å². The smallest absolute Gasteiger partial charge is 0.203 e. The van der Waals surface area contributed by atoms with Crippen molar-refractivity contribution in [3.05, 3.63) is 101 Å². The summed E-state index contributed by atoms with van der Waals surface area (Å²) in [6.45, 7) is 0.376. The van der Waals surface area contributed by atoms with Gasteiger partial charge in [-0.1, -0.05) is 54.6 Å². The molecule has 0 atom stereocenters. The van der Waals surface area contributed by atoms with Gasteiger partial charge in [0.1, 0.15) is 18.2 Å². The third-order valence-corrected chi connectivity index (χ3v) is 4.87. The van der Waals surface area contributed by atoms with E-state index in [9.17, 15) is 4.39 Å². The van der Waals surface area contributed by atoms with Crippen molar-refractivity contribution < 1.29 is 9.13 Å². The molecular weight excluding hydrogens is 385 g/mol. The molecule has 4 rings (SSSR count). The predicted molar refractivity (Wildman–Crippen MR) is 116 cm³/mol. The van der Waals surface area contributed by atoms with Gasteiger partial charge in [0.2, 0.25) is 5.13 Å². The summed E-state index contributed by atoms with van der Waals surface area (Å²) >= 11 is 1.50. The number of hydrogen-bond acceptors (Lipinski definition) is 5. The summed E-state index contributed by atoms with van der Waals surface area (Å²) in [4.78, 5) is 4.54. The van der Waals surface area contributed by atoms with Crippen LogP contribution in [0, 0.1) is 5.82 Å². The molecule has 0 bridgehead atoms. The second-order valence-electron chi connectivity index (χ2n) is 6.26. The highest BCUT2D eigenvalue weighted by Crippen LogP contribution is 2.24. The van der Waals surface area contributed by atoms with E-state index in [2.05, 4.69) is 15.5 Å². The lowest BCUT2D eigenvalue weighted by molar-refractivity contribution is 0.306. The number of ether oxygens (including phenoxy) is 1. The van der Waals surface area contributed by atoms with Gasteiger partial charge in [0.05, 0.1) is 11.9 Å². The van der Waals surface area contributed by atoms with E-state index in [4.69, 9.17) is 4.74 Å². The molecule has 29 heavy (non-hydrogen) atoms. The normalized spacial score (nSPS) is 10.9. The lowest BCUT2D eigenvalue weighted by atomic mass is 10.2. The Hall–Kier alpha value is -3.51. The first-order valence-corrected chi connectivity index (χ1v) is 9.91. The van der Waals surface area contributed by atoms with Gasteiger partial charge in [0.15, 0.2) is 0 Å². The highest BCUT2D eigenvalue weighted by atomic mass is 32.1. The number of thiazole rings is 1. The molecule has 0 unspecified atom stereocenters. The fourth-order valence-electron chi connectivity index (χ4n) is 2.66. The van der Waals surface area contributed by atoms with Crippen LogP contribution in [0.15, 0.2) is 89.3 Å². The SMILES string of the molecule is Fc1ccc(COc2cccc(/C=N\Nc3nc(-c4ccccc4)cs3)c2)cc1. The van der Waals surface area contributed by atoms with Crippen LogP contribution in [0.3, 0.4) is 0 Å². The Bertz CT molecular complexity index is 1090. The molecule has 0 radical (unpaired) electrons. The van der Waals surface area contributed by atoms with Crippen LogP contribution in [0.2, 0.25) is 0 Å². The summed E-state index contributed by atoms with van der Waals surface area (Å²) in [5.41, 5.74) is 6.77. The Morgan fingerprint density at radius 3 is 2.66 bits per heavy atom. The van der Waals surface area contributed by atoms with Gasteiger partial charge in [-0.25, -0.2) is 9.37 Å². The zero-order valence-electron chi connectivity index (χ0n) is 15.5. The van der Waals surface area contributed by atoms with Crippen LogP contribution < -0.4 is 10.2 Å². The maximum Gasteiger partial charge on any atom is 0.203 e. The van der Waals surface area contributed by atoms with Crippen molar-refractivity contribution in [1.82, 2.24) is 4.98 Å². The molecule has 4 nitrogen and oxygen atoms in total. The van der Waals surface area contributed by atoms with Crippen molar-refractivity contribution in [3.8, 4) is 17.0 Å². The molecule has 144 valence electrons. The number of hydrogen-bond donors (Lipinski definition) is 1. The summed E-state index contributed by atoms with van der Waals surface area (Å²) in [7, 11) is 0. The van der Waals surface area contributed by atoms with Crippen LogP contribution in [0.25, 0.3) is 11.3 Å². The van der Waals surface area contributed by atoms with Crippen LogP contribution in [0.1, 0.15) is 11.1 Å². The van der Waals surface area contributed by atoms with Crippen LogP contribution >= 0.6 is 11.3 Å². The molecule has 0 fully saturated rings. The number of nitrogens with one attached hydrogen (secondary N) is 1. The van der Waals surface area contributed by atoms with Crippen molar-refractivity contribution in [3.63, 3.8) is 0 Å². The number of halogens is 1. The standard InChI is InChI=1S/C23H18FN3OS/c24-20-11-9-17(10-12-20)15-28-21-8-4-5-18(13-21)14-25-27-23-26-22(16-29-23)19-6-2-1-3-7-19/h1-14,16H,15H2,(H,26,27)/b25-14-. The average Bonchev–Trinajstić information content (AvgIpc) is 3.23.